The Morgan fingerprint density at radius 1 is 1.27 bits per heavy atom. The SMILES string of the molecule is CCC(C)CCCC(C)NN. The van der Waals surface area contributed by atoms with Crippen LogP contribution in [0.15, 0.2) is 0 Å². The summed E-state index contributed by atoms with van der Waals surface area (Å²) in [4.78, 5) is 0. The molecule has 0 heterocycles. The molecule has 2 unspecified atom stereocenters. The molecule has 11 heavy (non-hydrogen) atoms. The summed E-state index contributed by atoms with van der Waals surface area (Å²) in [5.41, 5.74) is 2.76. The fraction of sp³-hybridized carbons (Fsp3) is 1.00. The first-order chi connectivity index (χ1) is 5.20. The van der Waals surface area contributed by atoms with E-state index in [1.54, 1.807) is 0 Å². The molecule has 0 aliphatic carbocycles. The summed E-state index contributed by atoms with van der Waals surface area (Å²) in [5, 5.41) is 0. The number of hydrogen-bond donors (Lipinski definition) is 2. The van der Waals surface area contributed by atoms with Gasteiger partial charge in [-0.25, -0.2) is 0 Å². The van der Waals surface area contributed by atoms with Crippen LogP contribution in [-0.2, 0) is 0 Å². The highest BCUT2D eigenvalue weighted by molar-refractivity contribution is 4.57. The van der Waals surface area contributed by atoms with Gasteiger partial charge in [-0.1, -0.05) is 33.1 Å². The number of rotatable bonds is 6. The van der Waals surface area contributed by atoms with Crippen molar-refractivity contribution in [3.8, 4) is 0 Å². The zero-order chi connectivity index (χ0) is 8.69. The molecule has 0 amide bonds. The van der Waals surface area contributed by atoms with Crippen molar-refractivity contribution in [1.82, 2.24) is 5.43 Å². The third-order valence-corrected chi connectivity index (χ3v) is 2.32. The average molecular weight is 158 g/mol. The zero-order valence-electron chi connectivity index (χ0n) is 8.06. The Bertz CT molecular complexity index is 73.6. The number of nitrogens with one attached hydrogen (secondary N) is 1. The molecule has 2 nitrogen and oxygen atoms in total. The van der Waals surface area contributed by atoms with Gasteiger partial charge in [-0.2, -0.15) is 0 Å². The predicted molar refractivity (Wildman–Crippen MR) is 50.1 cm³/mol. The highest BCUT2D eigenvalue weighted by Crippen LogP contribution is 2.11. The molecular weight excluding hydrogens is 136 g/mol. The van der Waals surface area contributed by atoms with E-state index in [1.807, 2.05) is 0 Å². The van der Waals surface area contributed by atoms with E-state index >= 15 is 0 Å². The summed E-state index contributed by atoms with van der Waals surface area (Å²) in [6, 6.07) is 0.471. The minimum atomic E-state index is 0.471. The third-order valence-electron chi connectivity index (χ3n) is 2.32. The molecule has 0 spiro atoms. The predicted octanol–water partition coefficient (Wildman–Crippen LogP) is 2.05. The van der Waals surface area contributed by atoms with Gasteiger partial charge < -0.3 is 0 Å². The van der Waals surface area contributed by atoms with E-state index in [1.165, 1.54) is 25.7 Å². The third kappa shape index (κ3) is 6.32. The van der Waals surface area contributed by atoms with Crippen molar-refractivity contribution >= 4 is 0 Å². The van der Waals surface area contributed by atoms with Crippen molar-refractivity contribution in [2.45, 2.75) is 52.5 Å². The van der Waals surface area contributed by atoms with E-state index in [0.29, 0.717) is 6.04 Å². The summed E-state index contributed by atoms with van der Waals surface area (Å²) >= 11 is 0. The molecule has 68 valence electrons. The average Bonchev–Trinajstić information content (AvgIpc) is 2.04. The van der Waals surface area contributed by atoms with E-state index in [9.17, 15) is 0 Å². The molecule has 0 saturated carbocycles. The maximum atomic E-state index is 5.27. The van der Waals surface area contributed by atoms with Crippen molar-refractivity contribution in [1.29, 1.82) is 0 Å². The molecule has 0 rings (SSSR count). The highest BCUT2D eigenvalue weighted by Gasteiger charge is 2.01. The number of hydrogen-bond acceptors (Lipinski definition) is 2. The van der Waals surface area contributed by atoms with Gasteiger partial charge in [-0.05, 0) is 19.3 Å². The molecule has 0 aromatic carbocycles. The molecule has 0 aliphatic rings. The van der Waals surface area contributed by atoms with Gasteiger partial charge in [0.05, 0.1) is 0 Å². The first kappa shape index (κ1) is 10.9. The Morgan fingerprint density at radius 3 is 2.36 bits per heavy atom. The lowest BCUT2D eigenvalue weighted by molar-refractivity contribution is 0.441. The molecule has 0 aromatic heterocycles. The molecule has 0 radical (unpaired) electrons. The van der Waals surface area contributed by atoms with Crippen LogP contribution in [0.5, 0.6) is 0 Å². The van der Waals surface area contributed by atoms with Crippen molar-refractivity contribution in [2.75, 3.05) is 0 Å². The van der Waals surface area contributed by atoms with Gasteiger partial charge in [0.1, 0.15) is 0 Å². The zero-order valence-corrected chi connectivity index (χ0v) is 8.06. The van der Waals surface area contributed by atoms with E-state index in [0.717, 1.165) is 5.92 Å². The van der Waals surface area contributed by atoms with Crippen LogP contribution in [0.2, 0.25) is 0 Å². The van der Waals surface area contributed by atoms with Crippen molar-refractivity contribution in [2.24, 2.45) is 11.8 Å². The molecular formula is C9H22N2. The Morgan fingerprint density at radius 2 is 1.91 bits per heavy atom. The first-order valence-electron chi connectivity index (χ1n) is 4.66. The Hall–Kier alpha value is -0.0800. The smallest absolute Gasteiger partial charge is 0.0182 e. The summed E-state index contributed by atoms with van der Waals surface area (Å²) in [7, 11) is 0. The van der Waals surface area contributed by atoms with Crippen LogP contribution < -0.4 is 11.3 Å². The molecule has 0 aromatic rings. The summed E-state index contributed by atoms with van der Waals surface area (Å²) < 4.78 is 0. The van der Waals surface area contributed by atoms with Gasteiger partial charge in [-0.15, -0.1) is 0 Å². The molecule has 0 bridgehead atoms. The fourth-order valence-electron chi connectivity index (χ4n) is 1.06. The van der Waals surface area contributed by atoms with Crippen molar-refractivity contribution in [3.63, 3.8) is 0 Å². The molecule has 0 aliphatic heterocycles. The lowest BCUT2D eigenvalue weighted by atomic mass is 10.00. The van der Waals surface area contributed by atoms with E-state index in [2.05, 4.69) is 26.2 Å². The summed E-state index contributed by atoms with van der Waals surface area (Å²) in [6.07, 6.45) is 5.12. The van der Waals surface area contributed by atoms with Crippen LogP contribution in [0.1, 0.15) is 46.5 Å². The highest BCUT2D eigenvalue weighted by atomic mass is 15.2. The van der Waals surface area contributed by atoms with Gasteiger partial charge in [-0.3, -0.25) is 11.3 Å². The molecule has 3 N–H and O–H groups in total. The standard InChI is InChI=1S/C9H22N2/c1-4-8(2)6-5-7-9(3)11-10/h8-9,11H,4-7,10H2,1-3H3. The largest absolute Gasteiger partial charge is 0.271 e. The fourth-order valence-corrected chi connectivity index (χ4v) is 1.06. The van der Waals surface area contributed by atoms with Crippen LogP contribution in [0.3, 0.4) is 0 Å². The van der Waals surface area contributed by atoms with Crippen LogP contribution in [0.25, 0.3) is 0 Å². The maximum absolute atomic E-state index is 5.27. The van der Waals surface area contributed by atoms with E-state index < -0.39 is 0 Å². The van der Waals surface area contributed by atoms with Gasteiger partial charge in [0.15, 0.2) is 0 Å². The van der Waals surface area contributed by atoms with E-state index in [-0.39, 0.29) is 0 Å². The van der Waals surface area contributed by atoms with Crippen LogP contribution in [-0.4, -0.2) is 6.04 Å². The minimum Gasteiger partial charge on any atom is -0.271 e. The second-order valence-corrected chi connectivity index (χ2v) is 3.51. The Balaban J connectivity index is 3.13. The van der Waals surface area contributed by atoms with Gasteiger partial charge in [0.25, 0.3) is 0 Å². The number of nitrogens with two attached hydrogens (primary N) is 1. The van der Waals surface area contributed by atoms with Crippen LogP contribution in [0.4, 0.5) is 0 Å². The quantitative estimate of drug-likeness (QED) is 0.458. The normalized spacial score (nSPS) is 16.4. The monoisotopic (exact) mass is 158 g/mol. The second kappa shape index (κ2) is 6.62. The minimum absolute atomic E-state index is 0.471. The Labute approximate surface area is 70.5 Å². The molecule has 2 atom stereocenters. The molecule has 2 heteroatoms. The molecule has 0 saturated heterocycles. The maximum Gasteiger partial charge on any atom is 0.0182 e. The summed E-state index contributed by atoms with van der Waals surface area (Å²) in [5.74, 6) is 6.15. The lowest BCUT2D eigenvalue weighted by Gasteiger charge is -2.11. The number of hydrazine groups is 1. The second-order valence-electron chi connectivity index (χ2n) is 3.51. The van der Waals surface area contributed by atoms with Crippen LogP contribution >= 0.6 is 0 Å². The van der Waals surface area contributed by atoms with Crippen LogP contribution in [0, 0.1) is 5.92 Å². The van der Waals surface area contributed by atoms with E-state index in [4.69, 9.17) is 5.84 Å². The van der Waals surface area contributed by atoms with Crippen molar-refractivity contribution < 1.29 is 0 Å². The van der Waals surface area contributed by atoms with Gasteiger partial charge in [0, 0.05) is 6.04 Å². The lowest BCUT2D eigenvalue weighted by Crippen LogP contribution is -2.32. The first-order valence-corrected chi connectivity index (χ1v) is 4.66. The Kier molecular flexibility index (Phi) is 6.57. The van der Waals surface area contributed by atoms with Crippen molar-refractivity contribution in [3.05, 3.63) is 0 Å². The molecule has 0 fully saturated rings. The topological polar surface area (TPSA) is 38.0 Å². The van der Waals surface area contributed by atoms with Gasteiger partial charge >= 0.3 is 0 Å². The van der Waals surface area contributed by atoms with Gasteiger partial charge in [0.2, 0.25) is 0 Å². The summed E-state index contributed by atoms with van der Waals surface area (Å²) in [6.45, 7) is 6.67.